The van der Waals surface area contributed by atoms with Gasteiger partial charge in [0.05, 0.1) is 12.6 Å². The lowest BCUT2D eigenvalue weighted by molar-refractivity contribution is 0.251. The van der Waals surface area contributed by atoms with Crippen LogP contribution in [0.15, 0.2) is 53.0 Å². The van der Waals surface area contributed by atoms with Gasteiger partial charge in [-0.15, -0.1) is 0 Å². The predicted octanol–water partition coefficient (Wildman–Crippen LogP) is 3.30. The van der Waals surface area contributed by atoms with Crippen molar-refractivity contribution in [3.05, 3.63) is 58.6 Å². The molecule has 0 aliphatic carbocycles. The van der Waals surface area contributed by atoms with Gasteiger partial charge in [-0.3, -0.25) is 4.90 Å². The molecule has 0 bridgehead atoms. The number of benzene rings is 2. The zero-order valence-corrected chi connectivity index (χ0v) is 12.3. The van der Waals surface area contributed by atoms with Crippen molar-refractivity contribution in [2.45, 2.75) is 6.04 Å². The van der Waals surface area contributed by atoms with Crippen LogP contribution in [-0.2, 0) is 0 Å². The third-order valence-corrected chi connectivity index (χ3v) is 4.12. The smallest absolute Gasteiger partial charge is 0.322 e. The van der Waals surface area contributed by atoms with E-state index in [-0.39, 0.29) is 12.1 Å². The van der Waals surface area contributed by atoms with Crippen molar-refractivity contribution in [3.63, 3.8) is 0 Å². The van der Waals surface area contributed by atoms with Gasteiger partial charge in [-0.1, -0.05) is 34.1 Å². The fourth-order valence-electron chi connectivity index (χ4n) is 2.35. The van der Waals surface area contributed by atoms with Crippen molar-refractivity contribution in [2.24, 2.45) is 0 Å². The first-order valence-electron chi connectivity index (χ1n) is 6.33. The molecule has 4 nitrogen and oxygen atoms in total. The molecule has 3 N–H and O–H groups in total. The number of urea groups is 1. The number of carbonyl (C=O) groups excluding carboxylic acids is 1. The Bertz CT molecular complexity index is 642. The molecule has 2 aromatic rings. The molecule has 102 valence electrons. The van der Waals surface area contributed by atoms with E-state index < -0.39 is 0 Å². The van der Waals surface area contributed by atoms with E-state index in [0.717, 1.165) is 15.7 Å². The van der Waals surface area contributed by atoms with Gasteiger partial charge < -0.3 is 11.1 Å². The summed E-state index contributed by atoms with van der Waals surface area (Å²) in [5, 5.41) is 3.00. The maximum absolute atomic E-state index is 12.1. The van der Waals surface area contributed by atoms with Gasteiger partial charge in [0.25, 0.3) is 0 Å². The van der Waals surface area contributed by atoms with Gasteiger partial charge in [0.15, 0.2) is 0 Å². The molecular formula is C15H14BrN3O. The van der Waals surface area contributed by atoms with Crippen LogP contribution in [-0.4, -0.2) is 12.6 Å². The lowest BCUT2D eigenvalue weighted by Gasteiger charge is -2.15. The number of anilines is 2. The number of rotatable bonds is 2. The van der Waals surface area contributed by atoms with Crippen LogP contribution in [0.25, 0.3) is 0 Å². The van der Waals surface area contributed by atoms with Crippen LogP contribution in [0.4, 0.5) is 16.2 Å². The summed E-state index contributed by atoms with van der Waals surface area (Å²) in [6, 6.07) is 15.1. The minimum atomic E-state index is -0.0875. The first kappa shape index (κ1) is 13.0. The number of hydrogen-bond donors (Lipinski definition) is 2. The van der Waals surface area contributed by atoms with E-state index >= 15 is 0 Å². The normalized spacial score (nSPS) is 18.1. The fourth-order valence-corrected chi connectivity index (χ4v) is 2.91. The molecule has 5 heteroatoms. The maximum Gasteiger partial charge on any atom is 0.322 e. The van der Waals surface area contributed by atoms with Crippen LogP contribution in [0, 0.1) is 0 Å². The van der Waals surface area contributed by atoms with Gasteiger partial charge in [-0.2, -0.15) is 0 Å². The molecule has 0 spiro atoms. The summed E-state index contributed by atoms with van der Waals surface area (Å²) in [5.41, 5.74) is 8.30. The van der Waals surface area contributed by atoms with Gasteiger partial charge in [-0.25, -0.2) is 4.79 Å². The molecule has 0 radical (unpaired) electrons. The van der Waals surface area contributed by atoms with Crippen LogP contribution in [0.5, 0.6) is 0 Å². The molecular weight excluding hydrogens is 318 g/mol. The van der Waals surface area contributed by atoms with Gasteiger partial charge in [0, 0.05) is 15.8 Å². The molecule has 0 aromatic heterocycles. The number of nitrogen functional groups attached to an aromatic ring is 1. The van der Waals surface area contributed by atoms with E-state index in [4.69, 9.17) is 5.73 Å². The highest BCUT2D eigenvalue weighted by atomic mass is 79.9. The maximum atomic E-state index is 12.1. The van der Waals surface area contributed by atoms with Crippen LogP contribution in [0.1, 0.15) is 11.6 Å². The SMILES string of the molecule is Nc1ccc(N2CC(c3ccccc3Br)NC2=O)cc1. The Balaban J connectivity index is 1.85. The summed E-state index contributed by atoms with van der Waals surface area (Å²) >= 11 is 3.53. The Kier molecular flexibility index (Phi) is 3.36. The number of nitrogens with zero attached hydrogens (tertiary/aromatic N) is 1. The van der Waals surface area contributed by atoms with E-state index in [1.807, 2.05) is 36.4 Å². The number of amides is 2. The number of hydrogen-bond acceptors (Lipinski definition) is 2. The van der Waals surface area contributed by atoms with Crippen LogP contribution in [0.3, 0.4) is 0 Å². The van der Waals surface area contributed by atoms with Crippen molar-refractivity contribution in [1.29, 1.82) is 0 Å². The second kappa shape index (κ2) is 5.17. The fraction of sp³-hybridized carbons (Fsp3) is 0.133. The highest BCUT2D eigenvalue weighted by Gasteiger charge is 2.31. The Hall–Kier alpha value is -2.01. The van der Waals surface area contributed by atoms with E-state index in [2.05, 4.69) is 21.2 Å². The largest absolute Gasteiger partial charge is 0.399 e. The number of halogens is 1. The summed E-state index contributed by atoms with van der Waals surface area (Å²) in [6.07, 6.45) is 0. The molecule has 1 fully saturated rings. The minimum Gasteiger partial charge on any atom is -0.399 e. The predicted molar refractivity (Wildman–Crippen MR) is 83.6 cm³/mol. The summed E-state index contributed by atoms with van der Waals surface area (Å²) in [7, 11) is 0. The van der Waals surface area contributed by atoms with Crippen LogP contribution < -0.4 is 16.0 Å². The van der Waals surface area contributed by atoms with Crippen molar-refractivity contribution in [3.8, 4) is 0 Å². The molecule has 3 rings (SSSR count). The Labute approximate surface area is 125 Å². The van der Waals surface area contributed by atoms with Gasteiger partial charge in [-0.05, 0) is 35.9 Å². The van der Waals surface area contributed by atoms with Gasteiger partial charge in [0.2, 0.25) is 0 Å². The first-order chi connectivity index (χ1) is 9.65. The summed E-state index contributed by atoms with van der Waals surface area (Å²) in [6.45, 7) is 0.603. The number of nitrogens with two attached hydrogens (primary N) is 1. The van der Waals surface area contributed by atoms with Crippen LogP contribution in [0.2, 0.25) is 0 Å². The lowest BCUT2D eigenvalue weighted by atomic mass is 10.1. The third-order valence-electron chi connectivity index (χ3n) is 3.39. The topological polar surface area (TPSA) is 58.4 Å². The first-order valence-corrected chi connectivity index (χ1v) is 7.12. The lowest BCUT2D eigenvalue weighted by Crippen LogP contribution is -2.27. The van der Waals surface area contributed by atoms with Gasteiger partial charge >= 0.3 is 6.03 Å². The van der Waals surface area contributed by atoms with Crippen molar-refractivity contribution >= 4 is 33.3 Å². The Morgan fingerprint density at radius 2 is 1.85 bits per heavy atom. The van der Waals surface area contributed by atoms with Crippen molar-refractivity contribution in [1.82, 2.24) is 5.32 Å². The Morgan fingerprint density at radius 1 is 1.15 bits per heavy atom. The quantitative estimate of drug-likeness (QED) is 0.829. The molecule has 1 aliphatic heterocycles. The molecule has 0 saturated carbocycles. The van der Waals surface area contributed by atoms with Crippen molar-refractivity contribution in [2.75, 3.05) is 17.2 Å². The van der Waals surface area contributed by atoms with E-state index in [9.17, 15) is 4.79 Å². The standard InChI is InChI=1S/C15H14BrN3O/c16-13-4-2-1-3-12(13)14-9-19(15(20)18-14)11-7-5-10(17)6-8-11/h1-8,14H,9,17H2,(H,18,20). The third kappa shape index (κ3) is 2.36. The molecule has 1 heterocycles. The Morgan fingerprint density at radius 3 is 2.55 bits per heavy atom. The van der Waals surface area contributed by atoms with Crippen LogP contribution >= 0.6 is 15.9 Å². The second-order valence-corrected chi connectivity index (χ2v) is 5.58. The summed E-state index contributed by atoms with van der Waals surface area (Å²) in [5.74, 6) is 0. The molecule has 1 aliphatic rings. The monoisotopic (exact) mass is 331 g/mol. The average molecular weight is 332 g/mol. The molecule has 1 unspecified atom stereocenters. The summed E-state index contributed by atoms with van der Waals surface area (Å²) < 4.78 is 1.00. The zero-order valence-electron chi connectivity index (χ0n) is 10.7. The molecule has 20 heavy (non-hydrogen) atoms. The van der Waals surface area contributed by atoms with Gasteiger partial charge in [0.1, 0.15) is 0 Å². The van der Waals surface area contributed by atoms with E-state index in [1.54, 1.807) is 17.0 Å². The van der Waals surface area contributed by atoms with E-state index in [1.165, 1.54) is 0 Å². The number of nitrogens with one attached hydrogen (secondary N) is 1. The summed E-state index contributed by atoms with van der Waals surface area (Å²) in [4.78, 5) is 13.8. The molecule has 2 amide bonds. The van der Waals surface area contributed by atoms with E-state index in [0.29, 0.717) is 12.2 Å². The van der Waals surface area contributed by atoms with Crippen molar-refractivity contribution < 1.29 is 4.79 Å². The molecule has 1 atom stereocenters. The highest BCUT2D eigenvalue weighted by Crippen LogP contribution is 2.29. The molecule has 2 aromatic carbocycles. The zero-order chi connectivity index (χ0) is 14.1. The average Bonchev–Trinajstić information content (AvgIpc) is 2.82. The number of carbonyl (C=O) groups is 1. The minimum absolute atomic E-state index is 0.0179. The highest BCUT2D eigenvalue weighted by molar-refractivity contribution is 9.10. The second-order valence-electron chi connectivity index (χ2n) is 4.73. The molecule has 1 saturated heterocycles.